The van der Waals surface area contributed by atoms with Gasteiger partial charge < -0.3 is 11.1 Å². The van der Waals surface area contributed by atoms with Crippen molar-refractivity contribution in [3.63, 3.8) is 0 Å². The van der Waals surface area contributed by atoms with E-state index in [1.54, 1.807) is 30.3 Å². The lowest BCUT2D eigenvalue weighted by molar-refractivity contribution is 1.17. The summed E-state index contributed by atoms with van der Waals surface area (Å²) in [5.74, 6) is 0.356. The average Bonchev–Trinajstić information content (AvgIpc) is 2.40. The molecule has 20 heavy (non-hydrogen) atoms. The number of H-pyrrole nitrogens is 1. The quantitative estimate of drug-likeness (QED) is 0.633. The Hall–Kier alpha value is -2.53. The molecule has 0 spiro atoms. The van der Waals surface area contributed by atoms with Crippen molar-refractivity contribution in [2.24, 2.45) is 0 Å². The molecular weight excluding hydrogens is 276 g/mol. The smallest absolute Gasteiger partial charge is 0.260 e. The van der Waals surface area contributed by atoms with Crippen molar-refractivity contribution in [3.05, 3.63) is 57.8 Å². The van der Waals surface area contributed by atoms with E-state index in [2.05, 4.69) is 15.3 Å². The third-order valence-electron chi connectivity index (χ3n) is 2.82. The largest absolute Gasteiger partial charge is 0.399 e. The van der Waals surface area contributed by atoms with E-state index in [1.165, 1.54) is 0 Å². The summed E-state index contributed by atoms with van der Waals surface area (Å²) >= 11 is 5.91. The molecule has 0 radical (unpaired) electrons. The van der Waals surface area contributed by atoms with Crippen LogP contribution in [-0.4, -0.2) is 9.97 Å². The standard InChI is InChI=1S/C14H11ClN4O/c15-8-2-1-3-10(6-8)17-14-18-12-5-4-9(16)7-11(12)13(20)19-14/h1-7H,16H2,(H2,17,18,19,20). The highest BCUT2D eigenvalue weighted by molar-refractivity contribution is 6.30. The number of nitrogens with one attached hydrogen (secondary N) is 2. The normalized spacial score (nSPS) is 10.7. The molecular formula is C14H11ClN4O. The van der Waals surface area contributed by atoms with Gasteiger partial charge in [0.2, 0.25) is 5.95 Å². The number of hydrogen-bond acceptors (Lipinski definition) is 4. The number of anilines is 3. The summed E-state index contributed by atoms with van der Waals surface area (Å²) in [6, 6.07) is 12.2. The number of rotatable bonds is 2. The zero-order valence-electron chi connectivity index (χ0n) is 10.4. The van der Waals surface area contributed by atoms with Gasteiger partial charge in [-0.15, -0.1) is 0 Å². The third-order valence-corrected chi connectivity index (χ3v) is 3.05. The zero-order valence-corrected chi connectivity index (χ0v) is 11.1. The van der Waals surface area contributed by atoms with Gasteiger partial charge >= 0.3 is 0 Å². The Balaban J connectivity index is 2.05. The number of hydrogen-bond donors (Lipinski definition) is 3. The molecule has 1 heterocycles. The van der Waals surface area contributed by atoms with Crippen LogP contribution in [0.1, 0.15) is 0 Å². The van der Waals surface area contributed by atoms with Crippen LogP contribution in [0.5, 0.6) is 0 Å². The summed E-state index contributed by atoms with van der Waals surface area (Å²) in [6.45, 7) is 0. The molecule has 0 bridgehead atoms. The predicted molar refractivity (Wildman–Crippen MR) is 81.5 cm³/mol. The van der Waals surface area contributed by atoms with Crippen LogP contribution >= 0.6 is 11.6 Å². The molecule has 0 fully saturated rings. The van der Waals surface area contributed by atoms with Crippen LogP contribution in [0.3, 0.4) is 0 Å². The fourth-order valence-electron chi connectivity index (χ4n) is 1.92. The number of fused-ring (bicyclic) bond motifs is 1. The van der Waals surface area contributed by atoms with E-state index in [4.69, 9.17) is 17.3 Å². The molecule has 5 nitrogen and oxygen atoms in total. The lowest BCUT2D eigenvalue weighted by Gasteiger charge is -2.07. The van der Waals surface area contributed by atoms with Crippen molar-refractivity contribution in [3.8, 4) is 0 Å². The van der Waals surface area contributed by atoms with Crippen LogP contribution in [0.15, 0.2) is 47.3 Å². The van der Waals surface area contributed by atoms with E-state index in [1.807, 2.05) is 12.1 Å². The SMILES string of the molecule is Nc1ccc2nc(Nc3cccc(Cl)c3)[nH]c(=O)c2c1. The van der Waals surface area contributed by atoms with Gasteiger partial charge in [0.1, 0.15) is 0 Å². The van der Waals surface area contributed by atoms with Gasteiger partial charge in [-0.1, -0.05) is 17.7 Å². The molecule has 0 amide bonds. The van der Waals surface area contributed by atoms with E-state index in [9.17, 15) is 4.79 Å². The Kier molecular flexibility index (Phi) is 3.04. The van der Waals surface area contributed by atoms with Crippen LogP contribution in [0.2, 0.25) is 5.02 Å². The molecule has 1 aromatic heterocycles. The first-order valence-electron chi connectivity index (χ1n) is 5.94. The molecule has 3 rings (SSSR count). The Morgan fingerprint density at radius 3 is 2.85 bits per heavy atom. The van der Waals surface area contributed by atoms with Gasteiger partial charge in [-0.25, -0.2) is 4.98 Å². The monoisotopic (exact) mass is 286 g/mol. The fraction of sp³-hybridized carbons (Fsp3) is 0. The number of benzene rings is 2. The van der Waals surface area contributed by atoms with Crippen LogP contribution in [0, 0.1) is 0 Å². The fourth-order valence-corrected chi connectivity index (χ4v) is 2.11. The van der Waals surface area contributed by atoms with Crippen molar-refractivity contribution >= 4 is 39.8 Å². The minimum Gasteiger partial charge on any atom is -0.399 e. The Morgan fingerprint density at radius 2 is 2.05 bits per heavy atom. The lowest BCUT2D eigenvalue weighted by Crippen LogP contribution is -2.11. The van der Waals surface area contributed by atoms with Gasteiger partial charge in [-0.05, 0) is 36.4 Å². The molecule has 4 N–H and O–H groups in total. The molecule has 2 aromatic carbocycles. The molecule has 0 aliphatic heterocycles. The van der Waals surface area contributed by atoms with Crippen molar-refractivity contribution in [2.45, 2.75) is 0 Å². The molecule has 0 unspecified atom stereocenters. The summed E-state index contributed by atoms with van der Waals surface area (Å²) in [4.78, 5) is 19.0. The van der Waals surface area contributed by atoms with Crippen LogP contribution in [0.25, 0.3) is 10.9 Å². The number of halogens is 1. The third kappa shape index (κ3) is 2.44. The first-order valence-corrected chi connectivity index (χ1v) is 6.32. The van der Waals surface area contributed by atoms with E-state index in [0.29, 0.717) is 27.6 Å². The van der Waals surface area contributed by atoms with Gasteiger partial charge in [-0.3, -0.25) is 9.78 Å². The van der Waals surface area contributed by atoms with Crippen molar-refractivity contribution in [1.82, 2.24) is 9.97 Å². The van der Waals surface area contributed by atoms with E-state index in [0.717, 1.165) is 5.69 Å². The van der Waals surface area contributed by atoms with Gasteiger partial charge in [0.15, 0.2) is 0 Å². The van der Waals surface area contributed by atoms with Crippen LogP contribution in [0.4, 0.5) is 17.3 Å². The first kappa shape index (κ1) is 12.5. The lowest BCUT2D eigenvalue weighted by atomic mass is 10.2. The van der Waals surface area contributed by atoms with Crippen LogP contribution in [-0.2, 0) is 0 Å². The van der Waals surface area contributed by atoms with E-state index in [-0.39, 0.29) is 5.56 Å². The number of nitrogen functional groups attached to an aromatic ring is 1. The van der Waals surface area contributed by atoms with Gasteiger partial charge in [0, 0.05) is 16.4 Å². The molecule has 0 aliphatic rings. The van der Waals surface area contributed by atoms with Crippen LogP contribution < -0.4 is 16.6 Å². The zero-order chi connectivity index (χ0) is 14.1. The molecule has 0 aliphatic carbocycles. The maximum atomic E-state index is 12.0. The number of nitrogens with zero attached hydrogens (tertiary/aromatic N) is 1. The van der Waals surface area contributed by atoms with Crippen molar-refractivity contribution in [2.75, 3.05) is 11.1 Å². The molecule has 6 heteroatoms. The Labute approximate surface area is 119 Å². The summed E-state index contributed by atoms with van der Waals surface area (Å²) in [6.07, 6.45) is 0. The average molecular weight is 287 g/mol. The molecule has 100 valence electrons. The second-order valence-corrected chi connectivity index (χ2v) is 4.76. The minimum atomic E-state index is -0.244. The summed E-state index contributed by atoms with van der Waals surface area (Å²) in [5.41, 5.74) is 7.27. The minimum absolute atomic E-state index is 0.244. The van der Waals surface area contributed by atoms with E-state index < -0.39 is 0 Å². The second-order valence-electron chi connectivity index (χ2n) is 4.33. The molecule has 0 saturated heterocycles. The van der Waals surface area contributed by atoms with Gasteiger partial charge in [-0.2, -0.15) is 0 Å². The topological polar surface area (TPSA) is 83.8 Å². The molecule has 3 aromatic rings. The molecule has 0 atom stereocenters. The van der Waals surface area contributed by atoms with Gasteiger partial charge in [0.25, 0.3) is 5.56 Å². The number of aromatic amines is 1. The summed E-state index contributed by atoms with van der Waals surface area (Å²) < 4.78 is 0. The Morgan fingerprint density at radius 1 is 1.20 bits per heavy atom. The van der Waals surface area contributed by atoms with Crippen molar-refractivity contribution in [1.29, 1.82) is 0 Å². The highest BCUT2D eigenvalue weighted by atomic mass is 35.5. The predicted octanol–water partition coefficient (Wildman–Crippen LogP) is 2.90. The van der Waals surface area contributed by atoms with E-state index >= 15 is 0 Å². The maximum absolute atomic E-state index is 12.0. The molecule has 0 saturated carbocycles. The second kappa shape index (κ2) is 4.86. The van der Waals surface area contributed by atoms with Crippen molar-refractivity contribution < 1.29 is 0 Å². The maximum Gasteiger partial charge on any atom is 0.260 e. The highest BCUT2D eigenvalue weighted by Crippen LogP contribution is 2.19. The van der Waals surface area contributed by atoms with Gasteiger partial charge in [0.05, 0.1) is 10.9 Å². The Bertz CT molecular complexity index is 844. The first-order chi connectivity index (χ1) is 9.61. The number of nitrogens with two attached hydrogens (primary N) is 1. The highest BCUT2D eigenvalue weighted by Gasteiger charge is 2.04. The number of aromatic nitrogens is 2. The summed E-state index contributed by atoms with van der Waals surface area (Å²) in [5, 5.41) is 4.07. The summed E-state index contributed by atoms with van der Waals surface area (Å²) in [7, 11) is 0.